The molecule has 0 spiro atoms. The topological polar surface area (TPSA) is 70.2 Å². The number of hydrogen-bond acceptors (Lipinski definition) is 2. The highest BCUT2D eigenvalue weighted by Crippen LogP contribution is 2.19. The van der Waals surface area contributed by atoms with E-state index in [0.29, 0.717) is 29.1 Å². The average molecular weight is 330 g/mol. The third kappa shape index (κ3) is 6.23. The van der Waals surface area contributed by atoms with Crippen molar-refractivity contribution in [1.82, 2.24) is 16.0 Å². The SMILES string of the molecule is O=C(CNC(=O)NCCc1cc(Cl)cc(Cl)c1)NC1CC1. The Morgan fingerprint density at radius 3 is 2.38 bits per heavy atom. The molecule has 5 nitrogen and oxygen atoms in total. The third-order valence-electron chi connectivity index (χ3n) is 2.97. The zero-order valence-electron chi connectivity index (χ0n) is 11.4. The van der Waals surface area contributed by atoms with E-state index < -0.39 is 0 Å². The van der Waals surface area contributed by atoms with Gasteiger partial charge in [-0.2, -0.15) is 0 Å². The molecule has 0 radical (unpaired) electrons. The largest absolute Gasteiger partial charge is 0.352 e. The molecule has 1 aromatic rings. The van der Waals surface area contributed by atoms with Crippen LogP contribution in [0.15, 0.2) is 18.2 Å². The summed E-state index contributed by atoms with van der Waals surface area (Å²) in [6, 6.07) is 5.20. The van der Waals surface area contributed by atoms with Gasteiger partial charge in [-0.05, 0) is 43.0 Å². The molecule has 7 heteroatoms. The van der Waals surface area contributed by atoms with Crippen LogP contribution in [0.2, 0.25) is 10.0 Å². The summed E-state index contributed by atoms with van der Waals surface area (Å²) < 4.78 is 0. The van der Waals surface area contributed by atoms with Crippen LogP contribution in [-0.4, -0.2) is 31.1 Å². The van der Waals surface area contributed by atoms with E-state index in [1.165, 1.54) is 0 Å². The molecule has 1 aliphatic rings. The van der Waals surface area contributed by atoms with Gasteiger partial charge in [0.15, 0.2) is 0 Å². The normalized spacial score (nSPS) is 13.6. The van der Waals surface area contributed by atoms with Gasteiger partial charge in [-0.25, -0.2) is 4.79 Å². The van der Waals surface area contributed by atoms with Crippen molar-refractivity contribution in [2.75, 3.05) is 13.1 Å². The Labute approximate surface area is 133 Å². The predicted octanol–water partition coefficient (Wildman–Crippen LogP) is 2.11. The lowest BCUT2D eigenvalue weighted by Gasteiger charge is -2.08. The summed E-state index contributed by atoms with van der Waals surface area (Å²) in [6.45, 7) is 0.429. The molecule has 1 aromatic carbocycles. The van der Waals surface area contributed by atoms with Gasteiger partial charge in [-0.3, -0.25) is 4.79 Å². The van der Waals surface area contributed by atoms with Gasteiger partial charge in [0.1, 0.15) is 0 Å². The minimum Gasteiger partial charge on any atom is -0.352 e. The molecule has 0 aromatic heterocycles. The second kappa shape index (κ2) is 7.52. The summed E-state index contributed by atoms with van der Waals surface area (Å²) in [4.78, 5) is 22.9. The molecular weight excluding hydrogens is 313 g/mol. The van der Waals surface area contributed by atoms with Gasteiger partial charge in [-0.1, -0.05) is 23.2 Å². The molecule has 0 bridgehead atoms. The molecular formula is C14H17Cl2N3O2. The average Bonchev–Trinajstić information content (AvgIpc) is 3.19. The standard InChI is InChI=1S/C14H17Cl2N3O2/c15-10-5-9(6-11(16)7-10)3-4-17-14(21)18-8-13(20)19-12-1-2-12/h5-7,12H,1-4,8H2,(H,19,20)(H2,17,18,21). The lowest BCUT2D eigenvalue weighted by atomic mass is 10.1. The number of nitrogens with one attached hydrogen (secondary N) is 3. The third-order valence-corrected chi connectivity index (χ3v) is 3.41. The quantitative estimate of drug-likeness (QED) is 0.748. The lowest BCUT2D eigenvalue weighted by molar-refractivity contribution is -0.120. The smallest absolute Gasteiger partial charge is 0.315 e. The van der Waals surface area contributed by atoms with E-state index in [1.807, 2.05) is 0 Å². The highest BCUT2D eigenvalue weighted by Gasteiger charge is 2.23. The number of benzene rings is 1. The Morgan fingerprint density at radius 1 is 1.10 bits per heavy atom. The van der Waals surface area contributed by atoms with E-state index in [0.717, 1.165) is 18.4 Å². The Hall–Kier alpha value is -1.46. The number of halogens is 2. The Morgan fingerprint density at radius 2 is 1.76 bits per heavy atom. The summed E-state index contributed by atoms with van der Waals surface area (Å²) >= 11 is 11.8. The van der Waals surface area contributed by atoms with Crippen molar-refractivity contribution < 1.29 is 9.59 Å². The van der Waals surface area contributed by atoms with Crippen LogP contribution in [0.5, 0.6) is 0 Å². The Balaban J connectivity index is 1.63. The molecule has 0 aliphatic heterocycles. The first-order valence-electron chi connectivity index (χ1n) is 6.79. The van der Waals surface area contributed by atoms with E-state index in [4.69, 9.17) is 23.2 Å². The van der Waals surface area contributed by atoms with Crippen LogP contribution in [0, 0.1) is 0 Å². The van der Waals surface area contributed by atoms with Crippen LogP contribution >= 0.6 is 23.2 Å². The minimum absolute atomic E-state index is 0.00860. The number of rotatable bonds is 6. The Bertz CT molecular complexity index is 513. The number of urea groups is 1. The number of amides is 3. The first-order chi connectivity index (χ1) is 10.0. The van der Waals surface area contributed by atoms with Crippen molar-refractivity contribution in [2.45, 2.75) is 25.3 Å². The van der Waals surface area contributed by atoms with E-state index in [9.17, 15) is 9.59 Å². The van der Waals surface area contributed by atoms with Crippen molar-refractivity contribution in [3.8, 4) is 0 Å². The van der Waals surface area contributed by atoms with Crippen molar-refractivity contribution >= 4 is 35.1 Å². The fourth-order valence-electron chi connectivity index (χ4n) is 1.81. The summed E-state index contributed by atoms with van der Waals surface area (Å²) in [5, 5.41) is 9.12. The van der Waals surface area contributed by atoms with E-state index >= 15 is 0 Å². The number of carbonyl (C=O) groups is 2. The Kier molecular flexibility index (Phi) is 5.70. The molecule has 3 N–H and O–H groups in total. The number of hydrogen-bond donors (Lipinski definition) is 3. The monoisotopic (exact) mass is 329 g/mol. The van der Waals surface area contributed by atoms with Crippen LogP contribution in [0.4, 0.5) is 4.79 Å². The van der Waals surface area contributed by atoms with Gasteiger partial charge in [0.2, 0.25) is 5.91 Å². The lowest BCUT2D eigenvalue weighted by Crippen LogP contribution is -2.43. The highest BCUT2D eigenvalue weighted by molar-refractivity contribution is 6.34. The molecule has 21 heavy (non-hydrogen) atoms. The van der Waals surface area contributed by atoms with E-state index in [1.54, 1.807) is 18.2 Å². The maximum Gasteiger partial charge on any atom is 0.315 e. The zero-order valence-corrected chi connectivity index (χ0v) is 12.9. The van der Waals surface area contributed by atoms with Gasteiger partial charge >= 0.3 is 6.03 Å². The van der Waals surface area contributed by atoms with Gasteiger partial charge in [-0.15, -0.1) is 0 Å². The fourth-order valence-corrected chi connectivity index (χ4v) is 2.38. The summed E-state index contributed by atoms with van der Waals surface area (Å²) in [6.07, 6.45) is 2.67. The summed E-state index contributed by atoms with van der Waals surface area (Å²) in [5.74, 6) is -0.158. The highest BCUT2D eigenvalue weighted by atomic mass is 35.5. The second-order valence-corrected chi connectivity index (χ2v) is 5.85. The summed E-state index contributed by atoms with van der Waals surface area (Å²) in [7, 11) is 0. The molecule has 1 saturated carbocycles. The molecule has 2 rings (SSSR count). The van der Waals surface area contributed by atoms with Crippen molar-refractivity contribution in [2.24, 2.45) is 0 Å². The molecule has 114 valence electrons. The predicted molar refractivity (Wildman–Crippen MR) is 82.7 cm³/mol. The maximum absolute atomic E-state index is 11.5. The van der Waals surface area contributed by atoms with Crippen molar-refractivity contribution in [3.05, 3.63) is 33.8 Å². The molecule has 1 fully saturated rings. The summed E-state index contributed by atoms with van der Waals surface area (Å²) in [5.41, 5.74) is 0.944. The van der Waals surface area contributed by atoms with Crippen LogP contribution in [0.1, 0.15) is 18.4 Å². The van der Waals surface area contributed by atoms with Crippen LogP contribution in [0.25, 0.3) is 0 Å². The van der Waals surface area contributed by atoms with Crippen LogP contribution in [0.3, 0.4) is 0 Å². The van der Waals surface area contributed by atoms with E-state index in [-0.39, 0.29) is 18.5 Å². The second-order valence-electron chi connectivity index (χ2n) is 4.98. The molecule has 0 unspecified atom stereocenters. The molecule has 0 saturated heterocycles. The van der Waals surface area contributed by atoms with Crippen molar-refractivity contribution in [3.63, 3.8) is 0 Å². The maximum atomic E-state index is 11.5. The molecule has 0 atom stereocenters. The van der Waals surface area contributed by atoms with Crippen molar-refractivity contribution in [1.29, 1.82) is 0 Å². The zero-order chi connectivity index (χ0) is 15.2. The molecule has 0 heterocycles. The minimum atomic E-state index is -0.367. The molecule has 1 aliphatic carbocycles. The van der Waals surface area contributed by atoms with Gasteiger partial charge < -0.3 is 16.0 Å². The van der Waals surface area contributed by atoms with Crippen LogP contribution < -0.4 is 16.0 Å². The number of carbonyl (C=O) groups excluding carboxylic acids is 2. The molecule has 3 amide bonds. The van der Waals surface area contributed by atoms with Gasteiger partial charge in [0, 0.05) is 22.6 Å². The fraction of sp³-hybridized carbons (Fsp3) is 0.429. The first-order valence-corrected chi connectivity index (χ1v) is 7.54. The van der Waals surface area contributed by atoms with Gasteiger partial charge in [0.25, 0.3) is 0 Å². The first kappa shape index (κ1) is 15.9. The van der Waals surface area contributed by atoms with Gasteiger partial charge in [0.05, 0.1) is 6.54 Å². The van der Waals surface area contributed by atoms with E-state index in [2.05, 4.69) is 16.0 Å². The van der Waals surface area contributed by atoms with Crippen LogP contribution in [-0.2, 0) is 11.2 Å².